The molecule has 19 heavy (non-hydrogen) atoms. The van der Waals surface area contributed by atoms with Gasteiger partial charge in [0.1, 0.15) is 5.82 Å². The molecule has 0 nitrogen and oxygen atoms in total. The number of hydrogen-bond acceptors (Lipinski definition) is 0. The minimum Gasteiger partial charge on any atom is -0.207 e. The van der Waals surface area contributed by atoms with Gasteiger partial charge in [0.25, 0.3) is 0 Å². The summed E-state index contributed by atoms with van der Waals surface area (Å²) in [7, 11) is 0. The molecule has 0 heterocycles. The monoisotopic (exact) mass is 282 g/mol. The van der Waals surface area contributed by atoms with Crippen molar-refractivity contribution in [1.82, 2.24) is 0 Å². The van der Waals surface area contributed by atoms with Crippen LogP contribution in [0.5, 0.6) is 0 Å². The maximum absolute atomic E-state index is 12.9. The van der Waals surface area contributed by atoms with E-state index in [0.29, 0.717) is 11.3 Å². The summed E-state index contributed by atoms with van der Waals surface area (Å²) in [6, 6.07) is 6.79. The Bertz CT molecular complexity index is 390. The van der Waals surface area contributed by atoms with Gasteiger partial charge in [-0.2, -0.15) is 0 Å². The molecular formula is C17H24ClF. The van der Waals surface area contributed by atoms with Crippen molar-refractivity contribution in [3.8, 4) is 0 Å². The molecule has 1 aliphatic rings. The lowest BCUT2D eigenvalue weighted by Crippen LogP contribution is -2.31. The van der Waals surface area contributed by atoms with Gasteiger partial charge in [-0.15, -0.1) is 11.6 Å². The van der Waals surface area contributed by atoms with E-state index in [1.165, 1.54) is 44.2 Å². The van der Waals surface area contributed by atoms with Crippen LogP contribution in [0.1, 0.15) is 51.5 Å². The van der Waals surface area contributed by atoms with Gasteiger partial charge >= 0.3 is 0 Å². The second kappa shape index (κ2) is 6.26. The van der Waals surface area contributed by atoms with E-state index in [9.17, 15) is 4.39 Å². The molecule has 0 radical (unpaired) electrons. The largest absolute Gasteiger partial charge is 0.207 e. The van der Waals surface area contributed by atoms with E-state index in [2.05, 4.69) is 13.8 Å². The maximum Gasteiger partial charge on any atom is 0.123 e. The summed E-state index contributed by atoms with van der Waals surface area (Å²) in [6.45, 7) is 4.56. The Morgan fingerprint density at radius 2 is 1.74 bits per heavy atom. The van der Waals surface area contributed by atoms with E-state index >= 15 is 0 Å². The van der Waals surface area contributed by atoms with Gasteiger partial charge in [-0.3, -0.25) is 0 Å². The molecule has 0 aliphatic heterocycles. The summed E-state index contributed by atoms with van der Waals surface area (Å²) in [5.41, 5.74) is 1.45. The van der Waals surface area contributed by atoms with Crippen molar-refractivity contribution in [1.29, 1.82) is 0 Å². The van der Waals surface area contributed by atoms with Crippen LogP contribution < -0.4 is 0 Å². The molecule has 2 heteroatoms. The fourth-order valence-corrected chi connectivity index (χ4v) is 4.07. The quantitative estimate of drug-likeness (QED) is 0.618. The molecule has 106 valence electrons. The van der Waals surface area contributed by atoms with Crippen LogP contribution in [0.4, 0.5) is 4.39 Å². The summed E-state index contributed by atoms with van der Waals surface area (Å²) >= 11 is 6.77. The highest BCUT2D eigenvalue weighted by Gasteiger charge is 2.40. The van der Waals surface area contributed by atoms with E-state index < -0.39 is 0 Å². The topological polar surface area (TPSA) is 0 Å². The van der Waals surface area contributed by atoms with Gasteiger partial charge in [-0.05, 0) is 54.7 Å². The molecule has 0 aromatic heterocycles. The normalized spacial score (nSPS) is 19.8. The third-order valence-electron chi connectivity index (χ3n) is 4.41. The lowest BCUT2D eigenvalue weighted by Gasteiger charge is -2.35. The number of rotatable bonds is 5. The van der Waals surface area contributed by atoms with Crippen molar-refractivity contribution >= 4 is 11.6 Å². The van der Waals surface area contributed by atoms with E-state index in [4.69, 9.17) is 11.6 Å². The fourth-order valence-electron chi connectivity index (χ4n) is 3.58. The van der Waals surface area contributed by atoms with Crippen LogP contribution in [0.15, 0.2) is 24.3 Å². The van der Waals surface area contributed by atoms with Gasteiger partial charge in [0, 0.05) is 5.38 Å². The lowest BCUT2D eigenvalue weighted by atomic mass is 9.74. The molecule has 0 bridgehead atoms. The molecule has 1 aliphatic carbocycles. The Balaban J connectivity index is 2.07. The number of halogens is 2. The first-order chi connectivity index (χ1) is 9.02. The molecule has 0 amide bonds. The first kappa shape index (κ1) is 14.8. The van der Waals surface area contributed by atoms with E-state index in [1.807, 2.05) is 12.1 Å². The van der Waals surface area contributed by atoms with Crippen LogP contribution in [0.3, 0.4) is 0 Å². The van der Waals surface area contributed by atoms with Gasteiger partial charge in [-0.25, -0.2) is 4.39 Å². The van der Waals surface area contributed by atoms with Crippen LogP contribution in [0.2, 0.25) is 0 Å². The van der Waals surface area contributed by atoms with Crippen LogP contribution >= 0.6 is 11.6 Å². The zero-order valence-corrected chi connectivity index (χ0v) is 12.7. The first-order valence-corrected chi connectivity index (χ1v) is 7.84. The molecule has 0 saturated heterocycles. The third kappa shape index (κ3) is 3.72. The van der Waals surface area contributed by atoms with Crippen molar-refractivity contribution < 1.29 is 4.39 Å². The summed E-state index contributed by atoms with van der Waals surface area (Å²) < 4.78 is 12.9. The molecule has 1 aromatic rings. The minimum atomic E-state index is -0.173. The molecule has 1 aromatic carbocycles. The van der Waals surface area contributed by atoms with Crippen LogP contribution in [-0.4, -0.2) is 5.38 Å². The van der Waals surface area contributed by atoms with E-state index in [1.54, 1.807) is 0 Å². The molecule has 1 atom stereocenters. The Labute approximate surface area is 121 Å². The van der Waals surface area contributed by atoms with E-state index in [-0.39, 0.29) is 11.2 Å². The van der Waals surface area contributed by atoms with Crippen LogP contribution in [-0.2, 0) is 6.42 Å². The zero-order valence-electron chi connectivity index (χ0n) is 12.0. The fraction of sp³-hybridized carbons (Fsp3) is 0.647. The molecule has 1 fully saturated rings. The highest BCUT2D eigenvalue weighted by atomic mass is 35.5. The van der Waals surface area contributed by atoms with Gasteiger partial charge in [0.2, 0.25) is 0 Å². The predicted molar refractivity (Wildman–Crippen MR) is 80.1 cm³/mol. The van der Waals surface area contributed by atoms with Crippen molar-refractivity contribution in [3.63, 3.8) is 0 Å². The lowest BCUT2D eigenvalue weighted by molar-refractivity contribution is 0.221. The summed E-state index contributed by atoms with van der Waals surface area (Å²) in [4.78, 5) is 0. The summed E-state index contributed by atoms with van der Waals surface area (Å²) in [5, 5.41) is 0.169. The van der Waals surface area contributed by atoms with Gasteiger partial charge in [-0.1, -0.05) is 38.8 Å². The Morgan fingerprint density at radius 3 is 2.26 bits per heavy atom. The standard InChI is InChI=1S/C17H24ClF/c1-13(2)12-17(9-3-4-10-17)16(18)11-14-5-7-15(19)8-6-14/h5-8,13,16H,3-4,9-12H2,1-2H3. The van der Waals surface area contributed by atoms with Crippen LogP contribution in [0, 0.1) is 17.2 Å². The number of alkyl halides is 1. The predicted octanol–water partition coefficient (Wildman–Crippen LogP) is 5.58. The SMILES string of the molecule is CC(C)CC1(C(Cl)Cc2ccc(F)cc2)CCCC1. The highest BCUT2D eigenvalue weighted by Crippen LogP contribution is 2.48. The smallest absolute Gasteiger partial charge is 0.123 e. The second-order valence-electron chi connectivity index (χ2n) is 6.47. The summed E-state index contributed by atoms with van der Waals surface area (Å²) in [6.07, 6.45) is 7.18. The molecule has 2 rings (SSSR count). The Morgan fingerprint density at radius 1 is 1.16 bits per heavy atom. The average Bonchev–Trinajstić information content (AvgIpc) is 2.81. The van der Waals surface area contributed by atoms with E-state index in [0.717, 1.165) is 12.0 Å². The van der Waals surface area contributed by atoms with Crippen LogP contribution in [0.25, 0.3) is 0 Å². The number of hydrogen-bond donors (Lipinski definition) is 0. The molecule has 1 unspecified atom stereocenters. The molecule has 1 saturated carbocycles. The summed E-state index contributed by atoms with van der Waals surface area (Å²) in [5.74, 6) is 0.514. The molecular weight excluding hydrogens is 259 g/mol. The average molecular weight is 283 g/mol. The number of benzene rings is 1. The zero-order chi connectivity index (χ0) is 13.9. The van der Waals surface area contributed by atoms with Crippen molar-refractivity contribution in [3.05, 3.63) is 35.6 Å². The molecule has 0 spiro atoms. The third-order valence-corrected chi connectivity index (χ3v) is 5.02. The Kier molecular flexibility index (Phi) is 4.89. The molecule has 0 N–H and O–H groups in total. The first-order valence-electron chi connectivity index (χ1n) is 7.40. The van der Waals surface area contributed by atoms with Gasteiger partial charge in [0.05, 0.1) is 0 Å². The van der Waals surface area contributed by atoms with Gasteiger partial charge < -0.3 is 0 Å². The highest BCUT2D eigenvalue weighted by molar-refractivity contribution is 6.21. The van der Waals surface area contributed by atoms with Crippen molar-refractivity contribution in [2.45, 2.75) is 57.7 Å². The second-order valence-corrected chi connectivity index (χ2v) is 6.99. The van der Waals surface area contributed by atoms with Crippen molar-refractivity contribution in [2.75, 3.05) is 0 Å². The Hall–Kier alpha value is -0.560. The van der Waals surface area contributed by atoms with Gasteiger partial charge in [0.15, 0.2) is 0 Å². The minimum absolute atomic E-state index is 0.169. The maximum atomic E-state index is 12.9. The van der Waals surface area contributed by atoms with Crippen molar-refractivity contribution in [2.24, 2.45) is 11.3 Å².